The predicted molar refractivity (Wildman–Crippen MR) is 64.8 cm³/mol. The Kier molecular flexibility index (Phi) is 4.37. The Hall–Kier alpha value is -1.26. The van der Waals surface area contributed by atoms with E-state index in [9.17, 15) is 14.7 Å². The van der Waals surface area contributed by atoms with E-state index in [1.165, 1.54) is 4.90 Å². The van der Waals surface area contributed by atoms with E-state index in [1.54, 1.807) is 7.05 Å². The van der Waals surface area contributed by atoms with Crippen molar-refractivity contribution in [1.82, 2.24) is 10.2 Å². The fourth-order valence-electron chi connectivity index (χ4n) is 2.33. The Balaban J connectivity index is 2.85. The molecule has 2 unspecified atom stereocenters. The molecule has 17 heavy (non-hydrogen) atoms. The number of amides is 2. The summed E-state index contributed by atoms with van der Waals surface area (Å²) >= 11 is 0. The van der Waals surface area contributed by atoms with Crippen LogP contribution in [0.15, 0.2) is 0 Å². The minimum absolute atomic E-state index is 0.0250. The number of nitrogens with zero attached hydrogens (tertiary/aromatic N) is 1. The summed E-state index contributed by atoms with van der Waals surface area (Å²) in [4.78, 5) is 24.8. The van der Waals surface area contributed by atoms with Gasteiger partial charge in [0.2, 0.25) is 0 Å². The summed E-state index contributed by atoms with van der Waals surface area (Å²) in [6.07, 6.45) is 3.26. The molecule has 1 rings (SSSR count). The van der Waals surface area contributed by atoms with E-state index < -0.39 is 11.5 Å². The van der Waals surface area contributed by atoms with Gasteiger partial charge < -0.3 is 15.3 Å². The molecule has 2 amide bonds. The van der Waals surface area contributed by atoms with Crippen LogP contribution in [0.4, 0.5) is 4.79 Å². The van der Waals surface area contributed by atoms with Crippen LogP contribution in [0.3, 0.4) is 0 Å². The Labute approximate surface area is 102 Å². The summed E-state index contributed by atoms with van der Waals surface area (Å²) in [6, 6.07) is -0.302. The second kappa shape index (κ2) is 5.38. The van der Waals surface area contributed by atoms with Crippen molar-refractivity contribution >= 4 is 12.0 Å². The van der Waals surface area contributed by atoms with Crippen molar-refractivity contribution in [1.29, 1.82) is 0 Å². The van der Waals surface area contributed by atoms with Crippen molar-refractivity contribution in [3.8, 4) is 0 Å². The van der Waals surface area contributed by atoms with Crippen LogP contribution in [0.1, 0.15) is 39.5 Å². The molecule has 0 aromatic carbocycles. The number of urea groups is 1. The van der Waals surface area contributed by atoms with Crippen LogP contribution in [0.2, 0.25) is 0 Å². The Bertz CT molecular complexity index is 306. The van der Waals surface area contributed by atoms with E-state index in [0.717, 1.165) is 19.3 Å². The van der Waals surface area contributed by atoms with Crippen LogP contribution in [0, 0.1) is 5.92 Å². The molecule has 2 N–H and O–H groups in total. The molecule has 0 aromatic rings. The van der Waals surface area contributed by atoms with Gasteiger partial charge in [-0.3, -0.25) is 0 Å². The smallest absolute Gasteiger partial charge is 0.329 e. The van der Waals surface area contributed by atoms with E-state index in [1.807, 2.05) is 13.8 Å². The highest BCUT2D eigenvalue weighted by Crippen LogP contribution is 2.34. The van der Waals surface area contributed by atoms with E-state index in [2.05, 4.69) is 5.32 Å². The maximum Gasteiger partial charge on any atom is 0.329 e. The van der Waals surface area contributed by atoms with Crippen LogP contribution >= 0.6 is 0 Å². The molecule has 0 saturated heterocycles. The lowest BCUT2D eigenvalue weighted by molar-refractivity contribution is -0.148. The first-order valence-electron chi connectivity index (χ1n) is 6.20. The van der Waals surface area contributed by atoms with Crippen molar-refractivity contribution in [2.45, 2.75) is 45.1 Å². The normalized spacial score (nSPS) is 28.5. The van der Waals surface area contributed by atoms with Crippen molar-refractivity contribution < 1.29 is 14.7 Å². The third-order valence-corrected chi connectivity index (χ3v) is 3.83. The number of carbonyl (C=O) groups excluding carboxylic acids is 1. The summed E-state index contributed by atoms with van der Waals surface area (Å²) in [5.74, 6) is -0.939. The average Bonchev–Trinajstić information content (AvgIpc) is 2.30. The fourth-order valence-corrected chi connectivity index (χ4v) is 2.33. The molecule has 5 heteroatoms. The number of aliphatic carboxylic acids is 1. The molecule has 5 nitrogen and oxygen atoms in total. The summed E-state index contributed by atoms with van der Waals surface area (Å²) in [5.41, 5.74) is -1.08. The molecule has 1 saturated carbocycles. The summed E-state index contributed by atoms with van der Waals surface area (Å²) in [7, 11) is 1.67. The lowest BCUT2D eigenvalue weighted by Gasteiger charge is -2.40. The zero-order chi connectivity index (χ0) is 13.1. The van der Waals surface area contributed by atoms with Crippen LogP contribution < -0.4 is 5.32 Å². The maximum atomic E-state index is 11.8. The van der Waals surface area contributed by atoms with Crippen LogP contribution in [-0.2, 0) is 4.79 Å². The maximum absolute atomic E-state index is 11.8. The first-order valence-corrected chi connectivity index (χ1v) is 6.20. The number of carbonyl (C=O) groups is 2. The number of rotatable bonds is 3. The zero-order valence-electron chi connectivity index (χ0n) is 10.8. The van der Waals surface area contributed by atoms with E-state index in [-0.39, 0.29) is 11.9 Å². The largest absolute Gasteiger partial charge is 0.479 e. The molecule has 0 heterocycles. The number of hydrogen-bond acceptors (Lipinski definition) is 2. The summed E-state index contributed by atoms with van der Waals surface area (Å²) in [6.45, 7) is 4.33. The number of carboxylic acids is 1. The number of hydrogen-bond donors (Lipinski definition) is 2. The van der Waals surface area contributed by atoms with Crippen molar-refractivity contribution in [2.24, 2.45) is 5.92 Å². The lowest BCUT2D eigenvalue weighted by atomic mass is 9.73. The monoisotopic (exact) mass is 242 g/mol. The van der Waals surface area contributed by atoms with Gasteiger partial charge in [-0.15, -0.1) is 0 Å². The minimum atomic E-state index is -1.08. The highest BCUT2D eigenvalue weighted by Gasteiger charge is 2.46. The first kappa shape index (κ1) is 13.8. The second-order valence-corrected chi connectivity index (χ2v) is 4.87. The Morgan fingerprint density at radius 2 is 2.12 bits per heavy atom. The quantitative estimate of drug-likeness (QED) is 0.791. The van der Waals surface area contributed by atoms with E-state index >= 15 is 0 Å². The molecule has 1 aliphatic carbocycles. The van der Waals surface area contributed by atoms with Crippen LogP contribution in [0.25, 0.3) is 0 Å². The fraction of sp³-hybridized carbons (Fsp3) is 0.833. The SMILES string of the molecule is CCN(C)C(=O)NC1(C(=O)O)CCCCC1C. The van der Waals surface area contributed by atoms with Gasteiger partial charge in [-0.25, -0.2) is 9.59 Å². The van der Waals surface area contributed by atoms with Crippen molar-refractivity contribution in [3.63, 3.8) is 0 Å². The molecule has 1 aliphatic rings. The molecule has 0 radical (unpaired) electrons. The minimum Gasteiger partial charge on any atom is -0.479 e. The van der Waals surface area contributed by atoms with Gasteiger partial charge in [-0.2, -0.15) is 0 Å². The topological polar surface area (TPSA) is 69.6 Å². The van der Waals surface area contributed by atoms with Gasteiger partial charge in [0.1, 0.15) is 5.54 Å². The molecule has 2 atom stereocenters. The first-order chi connectivity index (χ1) is 7.94. The van der Waals surface area contributed by atoms with Gasteiger partial charge in [0.15, 0.2) is 0 Å². The molecular formula is C12H22N2O3. The molecule has 1 fully saturated rings. The molecule has 0 bridgehead atoms. The summed E-state index contributed by atoms with van der Waals surface area (Å²) in [5, 5.41) is 12.1. The van der Waals surface area contributed by atoms with Gasteiger partial charge in [0.25, 0.3) is 0 Å². The standard InChI is InChI=1S/C12H22N2O3/c1-4-14(3)11(17)13-12(10(15)16)8-6-5-7-9(12)2/h9H,4-8H2,1-3H3,(H,13,17)(H,15,16). The zero-order valence-corrected chi connectivity index (χ0v) is 10.8. The molecule has 0 aliphatic heterocycles. The average molecular weight is 242 g/mol. The molecule has 98 valence electrons. The molecule has 0 aromatic heterocycles. The molecular weight excluding hydrogens is 220 g/mol. The van der Waals surface area contributed by atoms with Gasteiger partial charge in [0, 0.05) is 13.6 Å². The van der Waals surface area contributed by atoms with Crippen molar-refractivity contribution in [3.05, 3.63) is 0 Å². The van der Waals surface area contributed by atoms with Crippen LogP contribution in [0.5, 0.6) is 0 Å². The van der Waals surface area contributed by atoms with Gasteiger partial charge >= 0.3 is 12.0 Å². The van der Waals surface area contributed by atoms with Gasteiger partial charge in [-0.05, 0) is 25.7 Å². The summed E-state index contributed by atoms with van der Waals surface area (Å²) < 4.78 is 0. The third kappa shape index (κ3) is 2.70. The number of carboxylic acid groups (broad SMARTS) is 1. The molecule has 0 spiro atoms. The number of nitrogens with one attached hydrogen (secondary N) is 1. The third-order valence-electron chi connectivity index (χ3n) is 3.83. The van der Waals surface area contributed by atoms with Crippen LogP contribution in [-0.4, -0.2) is 41.1 Å². The van der Waals surface area contributed by atoms with E-state index in [0.29, 0.717) is 13.0 Å². The lowest BCUT2D eigenvalue weighted by Crippen LogP contribution is -2.62. The highest BCUT2D eigenvalue weighted by atomic mass is 16.4. The van der Waals surface area contributed by atoms with E-state index in [4.69, 9.17) is 0 Å². The van der Waals surface area contributed by atoms with Gasteiger partial charge in [0.05, 0.1) is 0 Å². The Morgan fingerprint density at radius 3 is 2.59 bits per heavy atom. The second-order valence-electron chi connectivity index (χ2n) is 4.87. The predicted octanol–water partition coefficient (Wildman–Crippen LogP) is 1.68. The highest BCUT2D eigenvalue weighted by molar-refractivity contribution is 5.86. The van der Waals surface area contributed by atoms with Gasteiger partial charge in [-0.1, -0.05) is 19.8 Å². The van der Waals surface area contributed by atoms with Crippen molar-refractivity contribution in [2.75, 3.05) is 13.6 Å². The Morgan fingerprint density at radius 1 is 1.47 bits per heavy atom.